The smallest absolute Gasteiger partial charge is 0.325 e. The lowest BCUT2D eigenvalue weighted by Crippen LogP contribution is -2.55. The van der Waals surface area contributed by atoms with Gasteiger partial charge in [0, 0.05) is 50.3 Å². The second-order valence-corrected chi connectivity index (χ2v) is 10.9. The quantitative estimate of drug-likeness (QED) is 0.374. The molecule has 4 heterocycles. The zero-order valence-corrected chi connectivity index (χ0v) is 21.7. The predicted octanol–water partition coefficient (Wildman–Crippen LogP) is 4.44. The van der Waals surface area contributed by atoms with Gasteiger partial charge in [-0.1, -0.05) is 24.6 Å². The molecule has 2 aromatic heterocycles. The second-order valence-electron chi connectivity index (χ2n) is 10.9. The third kappa shape index (κ3) is 5.09. The minimum absolute atomic E-state index is 0.103. The number of hydrogen-bond acceptors (Lipinski definition) is 6. The van der Waals surface area contributed by atoms with Crippen LogP contribution in [0.25, 0.3) is 10.9 Å². The number of nitrogens with one attached hydrogen (secondary N) is 1. The van der Waals surface area contributed by atoms with Crippen molar-refractivity contribution in [2.75, 3.05) is 31.6 Å². The van der Waals surface area contributed by atoms with Crippen molar-refractivity contribution in [2.45, 2.75) is 69.4 Å². The maximum Gasteiger partial charge on any atom is 0.325 e. The maximum atomic E-state index is 12.4. The molecule has 8 nitrogen and oxygen atoms in total. The Morgan fingerprint density at radius 3 is 2.86 bits per heavy atom. The van der Waals surface area contributed by atoms with Crippen LogP contribution in [0.3, 0.4) is 0 Å². The van der Waals surface area contributed by atoms with Gasteiger partial charge >= 0.3 is 5.97 Å². The first kappa shape index (κ1) is 24.4. The lowest BCUT2D eigenvalue weighted by atomic mass is 9.95. The molecule has 37 heavy (non-hydrogen) atoms. The first-order valence-corrected chi connectivity index (χ1v) is 13.8. The van der Waals surface area contributed by atoms with Crippen molar-refractivity contribution in [3.05, 3.63) is 52.8 Å². The van der Waals surface area contributed by atoms with E-state index in [0.29, 0.717) is 19.0 Å². The number of likely N-dealkylation sites (tertiary alicyclic amines) is 1. The van der Waals surface area contributed by atoms with Crippen LogP contribution in [-0.4, -0.2) is 63.1 Å². The lowest BCUT2D eigenvalue weighted by molar-refractivity contribution is -0.150. The number of unbranched alkanes of at least 4 members (excludes halogenated alkanes) is 2. The van der Waals surface area contributed by atoms with Crippen LogP contribution in [0, 0.1) is 0 Å². The first-order chi connectivity index (χ1) is 18.1. The summed E-state index contributed by atoms with van der Waals surface area (Å²) >= 11 is 0. The molecule has 1 saturated heterocycles. The molecule has 1 aromatic carbocycles. The van der Waals surface area contributed by atoms with Crippen LogP contribution in [0.15, 0.2) is 30.3 Å². The summed E-state index contributed by atoms with van der Waals surface area (Å²) in [7, 11) is 1.95. The number of nitrogens with zero attached hydrogens (tertiary/aromatic N) is 4. The summed E-state index contributed by atoms with van der Waals surface area (Å²) in [6.07, 6.45) is 8.91. The van der Waals surface area contributed by atoms with E-state index in [-0.39, 0.29) is 6.10 Å². The monoisotopic (exact) mass is 503 g/mol. The molecule has 1 saturated carbocycles. The molecule has 196 valence electrons. The molecule has 0 radical (unpaired) electrons. The average Bonchev–Trinajstić information content (AvgIpc) is 3.67. The Labute approximate surface area is 218 Å². The largest absolute Gasteiger partial charge is 0.480 e. The number of fused-ring (bicyclic) bond motifs is 2. The average molecular weight is 504 g/mol. The minimum Gasteiger partial charge on any atom is -0.480 e. The highest BCUT2D eigenvalue weighted by molar-refractivity contribution is 5.91. The van der Waals surface area contributed by atoms with Crippen molar-refractivity contribution in [1.29, 1.82) is 0 Å². The summed E-state index contributed by atoms with van der Waals surface area (Å²) in [6, 6.07) is 9.69. The summed E-state index contributed by atoms with van der Waals surface area (Å²) in [5, 5.41) is 19.4. The Kier molecular flexibility index (Phi) is 6.86. The van der Waals surface area contributed by atoms with Crippen molar-refractivity contribution < 1.29 is 14.6 Å². The van der Waals surface area contributed by atoms with Gasteiger partial charge in [-0.3, -0.25) is 14.4 Å². The van der Waals surface area contributed by atoms with Gasteiger partial charge in [0.05, 0.1) is 17.3 Å². The second kappa shape index (κ2) is 10.4. The molecule has 2 fully saturated rings. The van der Waals surface area contributed by atoms with Gasteiger partial charge < -0.3 is 15.2 Å². The molecule has 0 bridgehead atoms. The van der Waals surface area contributed by atoms with Crippen LogP contribution >= 0.6 is 0 Å². The third-order valence-corrected chi connectivity index (χ3v) is 8.05. The molecule has 2 N–H and O–H groups in total. The SMILES string of the molecule is Cn1nc(C2CC2)c2c(C(C(=O)O)N3CC(OCCCCCc4ccc5c(n4)NCCC5)C3)cccc21. The fourth-order valence-electron chi connectivity index (χ4n) is 5.86. The van der Waals surface area contributed by atoms with Crippen LogP contribution < -0.4 is 5.32 Å². The van der Waals surface area contributed by atoms with Crippen LogP contribution in [0.2, 0.25) is 0 Å². The molecule has 2 aliphatic heterocycles. The first-order valence-electron chi connectivity index (χ1n) is 13.8. The predicted molar refractivity (Wildman–Crippen MR) is 143 cm³/mol. The van der Waals surface area contributed by atoms with Crippen LogP contribution in [0.1, 0.15) is 73.0 Å². The van der Waals surface area contributed by atoms with Crippen molar-refractivity contribution >= 4 is 22.7 Å². The topological polar surface area (TPSA) is 92.5 Å². The van der Waals surface area contributed by atoms with Crippen LogP contribution in [0.5, 0.6) is 0 Å². The number of rotatable bonds is 11. The number of carbonyl (C=O) groups is 1. The maximum absolute atomic E-state index is 12.4. The van der Waals surface area contributed by atoms with E-state index in [2.05, 4.69) is 17.4 Å². The van der Waals surface area contributed by atoms with Crippen LogP contribution in [0.4, 0.5) is 5.82 Å². The van der Waals surface area contributed by atoms with E-state index in [4.69, 9.17) is 14.8 Å². The molecule has 3 aromatic rings. The van der Waals surface area contributed by atoms with E-state index in [0.717, 1.165) is 91.8 Å². The lowest BCUT2D eigenvalue weighted by Gasteiger charge is -2.42. The molecule has 1 atom stereocenters. The Morgan fingerprint density at radius 1 is 1.19 bits per heavy atom. The van der Waals surface area contributed by atoms with E-state index in [9.17, 15) is 9.90 Å². The van der Waals surface area contributed by atoms with E-state index in [1.807, 2.05) is 34.8 Å². The van der Waals surface area contributed by atoms with Gasteiger partial charge in [0.2, 0.25) is 0 Å². The number of aliphatic carboxylic acids is 1. The van der Waals surface area contributed by atoms with Gasteiger partial charge in [-0.15, -0.1) is 0 Å². The number of carboxylic acid groups (broad SMARTS) is 1. The van der Waals surface area contributed by atoms with Gasteiger partial charge in [0.25, 0.3) is 0 Å². The summed E-state index contributed by atoms with van der Waals surface area (Å²) in [5.74, 6) is 0.735. The Bertz CT molecular complexity index is 1280. The zero-order valence-electron chi connectivity index (χ0n) is 21.7. The van der Waals surface area contributed by atoms with Crippen LogP contribution in [-0.2, 0) is 29.4 Å². The summed E-state index contributed by atoms with van der Waals surface area (Å²) < 4.78 is 7.98. The summed E-state index contributed by atoms with van der Waals surface area (Å²) in [5.41, 5.74) is 5.44. The minimum atomic E-state index is -0.803. The van der Waals surface area contributed by atoms with Crippen molar-refractivity contribution in [3.8, 4) is 0 Å². The van der Waals surface area contributed by atoms with E-state index >= 15 is 0 Å². The van der Waals surface area contributed by atoms with Crippen molar-refractivity contribution in [1.82, 2.24) is 19.7 Å². The zero-order chi connectivity index (χ0) is 25.4. The fraction of sp³-hybridized carbons (Fsp3) is 0.552. The molecule has 6 rings (SSSR count). The fourth-order valence-corrected chi connectivity index (χ4v) is 5.86. The number of pyridine rings is 1. The molecular formula is C29H37N5O3. The standard InChI is InChI=1S/C29H37N5O3/c1-33-24-10-5-9-23(25(24)26(32-33)19-11-12-19)27(29(35)36)34-17-22(18-34)37-16-4-2-3-8-21-14-13-20-7-6-15-30-28(20)31-21/h5,9-10,13-14,19,22,27H,2-4,6-8,11-12,15-18H2,1H3,(H,30,31)(H,35,36). The Hall–Kier alpha value is -2.97. The number of anilines is 1. The number of benzene rings is 1. The Balaban J connectivity index is 0.980. The highest BCUT2D eigenvalue weighted by Crippen LogP contribution is 2.45. The molecule has 1 aliphatic carbocycles. The van der Waals surface area contributed by atoms with E-state index < -0.39 is 12.0 Å². The highest BCUT2D eigenvalue weighted by Gasteiger charge is 2.40. The summed E-state index contributed by atoms with van der Waals surface area (Å²) in [4.78, 5) is 19.2. The van der Waals surface area contributed by atoms with Gasteiger partial charge in [0.15, 0.2) is 0 Å². The van der Waals surface area contributed by atoms with E-state index in [1.165, 1.54) is 12.0 Å². The normalized spacial score (nSPS) is 18.8. The number of aromatic nitrogens is 3. The summed E-state index contributed by atoms with van der Waals surface area (Å²) in [6.45, 7) is 3.05. The molecule has 0 spiro atoms. The molecular weight excluding hydrogens is 466 g/mol. The number of hydrogen-bond donors (Lipinski definition) is 2. The molecule has 8 heteroatoms. The number of carboxylic acids is 1. The van der Waals surface area contributed by atoms with Gasteiger partial charge in [-0.05, 0) is 68.2 Å². The molecule has 1 unspecified atom stereocenters. The van der Waals surface area contributed by atoms with Gasteiger partial charge in [-0.2, -0.15) is 5.10 Å². The third-order valence-electron chi connectivity index (χ3n) is 8.05. The van der Waals surface area contributed by atoms with Crippen molar-refractivity contribution in [2.24, 2.45) is 7.05 Å². The highest BCUT2D eigenvalue weighted by atomic mass is 16.5. The number of aryl methyl sites for hydroxylation is 3. The Morgan fingerprint density at radius 2 is 2.05 bits per heavy atom. The molecule has 3 aliphatic rings. The molecule has 0 amide bonds. The number of ether oxygens (including phenoxy) is 1. The van der Waals surface area contributed by atoms with Gasteiger partial charge in [0.1, 0.15) is 11.9 Å². The van der Waals surface area contributed by atoms with Gasteiger partial charge in [-0.25, -0.2) is 4.98 Å². The van der Waals surface area contributed by atoms with Crippen molar-refractivity contribution in [3.63, 3.8) is 0 Å². The van der Waals surface area contributed by atoms with E-state index in [1.54, 1.807) is 0 Å².